The number of rotatable bonds is 7. The molecule has 3 aromatic rings. The van der Waals surface area contributed by atoms with Gasteiger partial charge in [-0.15, -0.1) is 8.78 Å². The smallest absolute Gasteiger partial charge is 0.481 e. The molecule has 2 aromatic heterocycles. The first kappa shape index (κ1) is 28.1. The molecule has 0 amide bonds. The summed E-state index contributed by atoms with van der Waals surface area (Å²) in [6.07, 6.45) is -9.51. The van der Waals surface area contributed by atoms with Crippen LogP contribution in [-0.4, -0.2) is 38.2 Å². The molecular weight excluding hydrogens is 576 g/mol. The van der Waals surface area contributed by atoms with Crippen LogP contribution in [0.15, 0.2) is 30.3 Å². The number of benzene rings is 1. The molecule has 3 aliphatic rings. The lowest BCUT2D eigenvalue weighted by Crippen LogP contribution is -2.37. The Morgan fingerprint density at radius 2 is 1.90 bits per heavy atom. The number of hydrogen-bond donors (Lipinski definition) is 1. The Morgan fingerprint density at radius 3 is 2.60 bits per heavy atom. The average Bonchev–Trinajstić information content (AvgIpc) is 3.42. The van der Waals surface area contributed by atoms with E-state index in [1.807, 2.05) is 0 Å². The quantitative estimate of drug-likeness (QED) is 0.323. The number of carboxylic acids is 1. The molecule has 1 aromatic carbocycles. The van der Waals surface area contributed by atoms with Crippen LogP contribution in [0.1, 0.15) is 67.3 Å². The van der Waals surface area contributed by atoms with Crippen molar-refractivity contribution in [2.75, 3.05) is 0 Å². The van der Waals surface area contributed by atoms with Crippen molar-refractivity contribution in [2.24, 2.45) is 5.92 Å². The Kier molecular flexibility index (Phi) is 6.74. The molecule has 0 radical (unpaired) electrons. The normalized spacial score (nSPS) is 23.2. The zero-order chi connectivity index (χ0) is 30.0. The van der Waals surface area contributed by atoms with Gasteiger partial charge in [0.15, 0.2) is 23.0 Å². The van der Waals surface area contributed by atoms with Gasteiger partial charge in [0.25, 0.3) is 0 Å². The van der Waals surface area contributed by atoms with Crippen molar-refractivity contribution in [1.82, 2.24) is 14.8 Å². The summed E-state index contributed by atoms with van der Waals surface area (Å²) >= 11 is 0. The highest BCUT2D eigenvalue weighted by Gasteiger charge is 2.45. The van der Waals surface area contributed by atoms with Crippen LogP contribution in [-0.2, 0) is 22.1 Å². The van der Waals surface area contributed by atoms with Gasteiger partial charge >= 0.3 is 18.4 Å². The zero-order valence-corrected chi connectivity index (χ0v) is 21.8. The first-order valence-corrected chi connectivity index (χ1v) is 13.1. The summed E-state index contributed by atoms with van der Waals surface area (Å²) in [5.74, 6) is -3.40. The first-order valence-electron chi connectivity index (χ1n) is 13.1. The number of carbonyl (C=O) groups is 1. The zero-order valence-electron chi connectivity index (χ0n) is 21.8. The number of fused-ring (bicyclic) bond motifs is 2. The Balaban J connectivity index is 1.29. The SMILES string of the molecule is C[C@H](Oc1cccc(-n2nc(C(F)(F)F)c3c2[C@@H](O[C@H]2C[C@H](C(=O)O)C2)CCC3)n1)c1cc2c(cc1F)OC(F)(F)O2. The molecule has 15 heteroatoms. The summed E-state index contributed by atoms with van der Waals surface area (Å²) in [5.41, 5.74) is -1.06. The summed E-state index contributed by atoms with van der Waals surface area (Å²) in [5, 5.41) is 13.0. The van der Waals surface area contributed by atoms with E-state index in [0.29, 0.717) is 12.8 Å². The third kappa shape index (κ3) is 5.21. The Bertz CT molecular complexity index is 1540. The number of alkyl halides is 5. The molecular formula is C27H23F6N3O6. The Morgan fingerprint density at radius 1 is 1.19 bits per heavy atom. The molecule has 2 atom stereocenters. The van der Waals surface area contributed by atoms with Gasteiger partial charge < -0.3 is 24.1 Å². The van der Waals surface area contributed by atoms with Gasteiger partial charge in [-0.25, -0.2) is 9.07 Å². The van der Waals surface area contributed by atoms with Crippen LogP contribution in [0.25, 0.3) is 5.82 Å². The number of aliphatic carboxylic acids is 1. The standard InChI is InChI=1S/C27H23F6N3O6/c1-12(16-10-19-20(11-17(16)28)42-27(32,33)41-19)39-22-7-3-6-21(34-22)36-23-15(24(35-36)26(29,30)31)4-2-5-18(23)40-14-8-13(9-14)25(37)38/h3,6-7,10-14,18H,2,4-5,8-9H2,1H3,(H,37,38)/t12-,13-,14-,18-/m0/s1. The molecule has 6 rings (SSSR count). The van der Waals surface area contributed by atoms with E-state index in [-0.39, 0.29) is 53.5 Å². The van der Waals surface area contributed by atoms with Crippen LogP contribution < -0.4 is 14.2 Å². The monoisotopic (exact) mass is 599 g/mol. The lowest BCUT2D eigenvalue weighted by atomic mass is 9.82. The van der Waals surface area contributed by atoms with Crippen molar-refractivity contribution in [3.05, 3.63) is 58.7 Å². The van der Waals surface area contributed by atoms with E-state index in [1.165, 1.54) is 25.1 Å². The fourth-order valence-corrected chi connectivity index (χ4v) is 5.42. The van der Waals surface area contributed by atoms with Gasteiger partial charge in [0.05, 0.1) is 17.7 Å². The molecule has 0 spiro atoms. The first-order chi connectivity index (χ1) is 19.8. The van der Waals surface area contributed by atoms with E-state index in [9.17, 15) is 31.1 Å². The molecule has 1 fully saturated rings. The number of carboxylic acid groups (broad SMARTS) is 1. The van der Waals surface area contributed by atoms with Crippen LogP contribution in [0.2, 0.25) is 0 Å². The maximum absolute atomic E-state index is 14.7. The van der Waals surface area contributed by atoms with E-state index in [1.54, 1.807) is 0 Å². The summed E-state index contributed by atoms with van der Waals surface area (Å²) in [6.45, 7) is 1.43. The Labute approximate surface area is 234 Å². The van der Waals surface area contributed by atoms with E-state index < -0.39 is 59.9 Å². The third-order valence-corrected chi connectivity index (χ3v) is 7.47. The van der Waals surface area contributed by atoms with E-state index >= 15 is 0 Å². The Hall–Kier alpha value is -4.01. The van der Waals surface area contributed by atoms with Gasteiger partial charge in [0, 0.05) is 23.3 Å². The topological polar surface area (TPSA) is 105 Å². The van der Waals surface area contributed by atoms with Gasteiger partial charge in [0.1, 0.15) is 18.0 Å². The highest BCUT2D eigenvalue weighted by Crippen LogP contribution is 2.45. The number of nitrogens with zero attached hydrogens (tertiary/aromatic N) is 3. The van der Waals surface area contributed by atoms with Gasteiger partial charge in [0.2, 0.25) is 5.88 Å². The van der Waals surface area contributed by atoms with Crippen LogP contribution >= 0.6 is 0 Å². The van der Waals surface area contributed by atoms with Gasteiger partial charge in [-0.2, -0.15) is 23.3 Å². The summed E-state index contributed by atoms with van der Waals surface area (Å²) in [4.78, 5) is 15.5. The highest BCUT2D eigenvalue weighted by atomic mass is 19.4. The molecule has 0 saturated heterocycles. The average molecular weight is 599 g/mol. The number of pyridine rings is 1. The minimum absolute atomic E-state index is 0.0198. The van der Waals surface area contributed by atoms with Crippen LogP contribution in [0.4, 0.5) is 26.3 Å². The summed E-state index contributed by atoms with van der Waals surface area (Å²) in [6, 6.07) is 6.03. The maximum Gasteiger partial charge on any atom is 0.586 e. The fraction of sp³-hybridized carbons (Fsp3) is 0.444. The van der Waals surface area contributed by atoms with Crippen molar-refractivity contribution in [3.63, 3.8) is 0 Å². The summed E-state index contributed by atoms with van der Waals surface area (Å²) < 4.78 is 105. The molecule has 42 heavy (non-hydrogen) atoms. The molecule has 1 N–H and O–H groups in total. The lowest BCUT2D eigenvalue weighted by Gasteiger charge is -2.36. The summed E-state index contributed by atoms with van der Waals surface area (Å²) in [7, 11) is 0. The highest BCUT2D eigenvalue weighted by molar-refractivity contribution is 5.71. The van der Waals surface area contributed by atoms with Crippen LogP contribution in [0.5, 0.6) is 17.4 Å². The molecule has 0 unspecified atom stereocenters. The lowest BCUT2D eigenvalue weighted by molar-refractivity contribution is -0.286. The van der Waals surface area contributed by atoms with E-state index in [0.717, 1.165) is 16.8 Å². The number of halogens is 6. The maximum atomic E-state index is 14.7. The van der Waals surface area contributed by atoms with Crippen LogP contribution in [0.3, 0.4) is 0 Å². The van der Waals surface area contributed by atoms with E-state index in [4.69, 9.17) is 14.6 Å². The van der Waals surface area contributed by atoms with Gasteiger partial charge in [-0.05, 0) is 51.2 Å². The minimum Gasteiger partial charge on any atom is -0.481 e. The largest absolute Gasteiger partial charge is 0.586 e. The van der Waals surface area contributed by atoms with Crippen LogP contribution in [0, 0.1) is 11.7 Å². The van der Waals surface area contributed by atoms with Crippen molar-refractivity contribution >= 4 is 5.97 Å². The second-order valence-electron chi connectivity index (χ2n) is 10.3. The van der Waals surface area contributed by atoms with Crippen molar-refractivity contribution in [1.29, 1.82) is 0 Å². The minimum atomic E-state index is -4.75. The second-order valence-corrected chi connectivity index (χ2v) is 10.3. The van der Waals surface area contributed by atoms with Gasteiger partial charge in [-0.3, -0.25) is 4.79 Å². The van der Waals surface area contributed by atoms with Crippen molar-refractivity contribution in [3.8, 4) is 23.2 Å². The predicted octanol–water partition coefficient (Wildman–Crippen LogP) is 6.14. The molecule has 1 saturated carbocycles. The molecule has 3 heterocycles. The van der Waals surface area contributed by atoms with Gasteiger partial charge in [-0.1, -0.05) is 6.07 Å². The van der Waals surface area contributed by atoms with Crippen molar-refractivity contribution in [2.45, 2.75) is 69.8 Å². The molecule has 224 valence electrons. The molecule has 1 aliphatic heterocycles. The predicted molar refractivity (Wildman–Crippen MR) is 129 cm³/mol. The third-order valence-electron chi connectivity index (χ3n) is 7.47. The second kappa shape index (κ2) is 10.1. The molecule has 9 nitrogen and oxygen atoms in total. The van der Waals surface area contributed by atoms with E-state index in [2.05, 4.69) is 19.6 Å². The fourth-order valence-electron chi connectivity index (χ4n) is 5.42. The number of hydrogen-bond acceptors (Lipinski definition) is 7. The number of ether oxygens (including phenoxy) is 4. The van der Waals surface area contributed by atoms with Crippen molar-refractivity contribution < 1.29 is 55.2 Å². The molecule has 0 bridgehead atoms. The molecule has 2 aliphatic carbocycles. The number of aromatic nitrogens is 3.